The molecule has 2 saturated heterocycles. The molecule has 27 heavy (non-hydrogen) atoms. The van der Waals surface area contributed by atoms with Crippen LogP contribution in [-0.4, -0.2) is 65.1 Å². The summed E-state index contributed by atoms with van der Waals surface area (Å²) in [5.41, 5.74) is 2.04. The summed E-state index contributed by atoms with van der Waals surface area (Å²) in [4.78, 5) is 17.1. The summed E-state index contributed by atoms with van der Waals surface area (Å²) < 4.78 is 0. The molecule has 2 saturated carbocycles. The third-order valence-corrected chi connectivity index (χ3v) is 7.81. The highest BCUT2D eigenvalue weighted by Gasteiger charge is 2.47. The second-order valence-corrected chi connectivity index (χ2v) is 9.86. The minimum Gasteiger partial charge on any atom is -0.332 e. The summed E-state index contributed by atoms with van der Waals surface area (Å²) in [6.45, 7) is 7.97. The van der Waals surface area contributed by atoms with Crippen LogP contribution in [0.3, 0.4) is 0 Å². The average Bonchev–Trinajstić information content (AvgIpc) is 2.86. The van der Waals surface area contributed by atoms with Crippen LogP contribution in [0.25, 0.3) is 0 Å². The van der Waals surface area contributed by atoms with Crippen LogP contribution in [0.5, 0.6) is 0 Å². The standard InChI is InChI=1S/C22H35N5/c1-3-26-15-19-5-6-20(16-26)27(19)21-23-11-18(12-24-21)14-25(2)13-17-9-22(10-17)7-4-8-22/h11-12,17,19-20H,3-10,13-16H2,1-2H3. The first kappa shape index (κ1) is 17.9. The lowest BCUT2D eigenvalue weighted by molar-refractivity contribution is -0.0358. The molecule has 2 aliphatic heterocycles. The lowest BCUT2D eigenvalue weighted by atomic mass is 9.52. The zero-order valence-corrected chi connectivity index (χ0v) is 17.1. The molecule has 148 valence electrons. The maximum Gasteiger partial charge on any atom is 0.225 e. The lowest BCUT2D eigenvalue weighted by Crippen LogP contribution is -2.54. The first-order valence-electron chi connectivity index (χ1n) is 11.1. The number of fused-ring (bicyclic) bond motifs is 2. The summed E-state index contributed by atoms with van der Waals surface area (Å²) in [5.74, 6) is 1.87. The number of anilines is 1. The Kier molecular flexibility index (Phi) is 4.63. The smallest absolute Gasteiger partial charge is 0.225 e. The van der Waals surface area contributed by atoms with E-state index in [1.165, 1.54) is 70.1 Å². The maximum atomic E-state index is 4.78. The molecule has 5 rings (SSSR count). The first-order chi connectivity index (χ1) is 13.1. The van der Waals surface area contributed by atoms with Crippen LogP contribution in [0.1, 0.15) is 57.4 Å². The van der Waals surface area contributed by atoms with Gasteiger partial charge in [0.1, 0.15) is 0 Å². The van der Waals surface area contributed by atoms with Crippen LogP contribution in [0.2, 0.25) is 0 Å². The molecule has 2 aliphatic carbocycles. The summed E-state index contributed by atoms with van der Waals surface area (Å²) in [6.07, 6.45) is 14.1. The van der Waals surface area contributed by atoms with Crippen molar-refractivity contribution in [3.8, 4) is 0 Å². The predicted molar refractivity (Wildman–Crippen MR) is 109 cm³/mol. The Morgan fingerprint density at radius 1 is 1.11 bits per heavy atom. The molecule has 5 nitrogen and oxygen atoms in total. The molecule has 4 fully saturated rings. The van der Waals surface area contributed by atoms with E-state index in [4.69, 9.17) is 9.97 Å². The fraction of sp³-hybridized carbons (Fsp3) is 0.818. The first-order valence-corrected chi connectivity index (χ1v) is 11.1. The van der Waals surface area contributed by atoms with Crippen molar-refractivity contribution in [1.29, 1.82) is 0 Å². The number of rotatable bonds is 6. The van der Waals surface area contributed by atoms with Gasteiger partial charge in [0.05, 0.1) is 0 Å². The Morgan fingerprint density at radius 3 is 2.33 bits per heavy atom. The normalized spacial score (nSPS) is 30.0. The van der Waals surface area contributed by atoms with E-state index < -0.39 is 0 Å². The molecule has 2 bridgehead atoms. The molecular weight excluding hydrogens is 334 g/mol. The topological polar surface area (TPSA) is 35.5 Å². The van der Waals surface area contributed by atoms with Crippen molar-refractivity contribution in [1.82, 2.24) is 19.8 Å². The van der Waals surface area contributed by atoms with Crippen molar-refractivity contribution in [2.45, 2.75) is 70.5 Å². The van der Waals surface area contributed by atoms with Gasteiger partial charge in [0, 0.05) is 56.2 Å². The van der Waals surface area contributed by atoms with Crippen molar-refractivity contribution in [3.05, 3.63) is 18.0 Å². The van der Waals surface area contributed by atoms with Crippen molar-refractivity contribution in [2.75, 3.05) is 38.1 Å². The Balaban J connectivity index is 1.15. The second kappa shape index (κ2) is 7.00. The molecule has 2 unspecified atom stereocenters. The molecule has 3 heterocycles. The van der Waals surface area contributed by atoms with Gasteiger partial charge in [-0.25, -0.2) is 9.97 Å². The zero-order chi connectivity index (χ0) is 18.4. The lowest BCUT2D eigenvalue weighted by Gasteiger charge is -2.55. The van der Waals surface area contributed by atoms with E-state index in [-0.39, 0.29) is 0 Å². The molecule has 2 atom stereocenters. The highest BCUT2D eigenvalue weighted by Crippen LogP contribution is 2.58. The van der Waals surface area contributed by atoms with E-state index >= 15 is 0 Å². The minimum atomic E-state index is 0.606. The van der Waals surface area contributed by atoms with E-state index in [0.717, 1.165) is 30.4 Å². The number of nitrogens with zero attached hydrogens (tertiary/aromatic N) is 5. The van der Waals surface area contributed by atoms with Crippen LogP contribution in [0.4, 0.5) is 5.95 Å². The van der Waals surface area contributed by atoms with Crippen LogP contribution in [0, 0.1) is 11.3 Å². The van der Waals surface area contributed by atoms with Gasteiger partial charge in [0.15, 0.2) is 0 Å². The molecule has 0 radical (unpaired) electrons. The molecule has 1 spiro atoms. The van der Waals surface area contributed by atoms with Crippen molar-refractivity contribution in [3.63, 3.8) is 0 Å². The molecule has 0 amide bonds. The molecule has 5 heteroatoms. The number of hydrogen-bond acceptors (Lipinski definition) is 5. The van der Waals surface area contributed by atoms with Crippen LogP contribution in [0.15, 0.2) is 12.4 Å². The Morgan fingerprint density at radius 2 is 1.78 bits per heavy atom. The zero-order valence-electron chi connectivity index (χ0n) is 17.1. The van der Waals surface area contributed by atoms with Crippen LogP contribution < -0.4 is 4.90 Å². The molecule has 0 aromatic carbocycles. The quantitative estimate of drug-likeness (QED) is 0.770. The molecule has 4 aliphatic rings. The monoisotopic (exact) mass is 369 g/mol. The van der Waals surface area contributed by atoms with Crippen molar-refractivity contribution in [2.24, 2.45) is 11.3 Å². The van der Waals surface area contributed by atoms with Gasteiger partial charge in [0.2, 0.25) is 5.95 Å². The predicted octanol–water partition coefficient (Wildman–Crippen LogP) is 3.16. The van der Waals surface area contributed by atoms with Gasteiger partial charge in [-0.1, -0.05) is 13.3 Å². The van der Waals surface area contributed by atoms with Gasteiger partial charge in [-0.2, -0.15) is 0 Å². The molecule has 1 aromatic rings. The Bertz CT molecular complexity index is 633. The summed E-state index contributed by atoms with van der Waals surface area (Å²) in [7, 11) is 2.25. The Labute approximate surface area is 164 Å². The fourth-order valence-electron chi connectivity index (χ4n) is 6.33. The van der Waals surface area contributed by atoms with Gasteiger partial charge in [-0.3, -0.25) is 4.90 Å². The third kappa shape index (κ3) is 3.38. The van der Waals surface area contributed by atoms with E-state index in [1.54, 1.807) is 0 Å². The van der Waals surface area contributed by atoms with Crippen molar-refractivity contribution < 1.29 is 0 Å². The number of likely N-dealkylation sites (tertiary alicyclic amines) is 1. The fourth-order valence-corrected chi connectivity index (χ4v) is 6.33. The highest BCUT2D eigenvalue weighted by molar-refractivity contribution is 5.37. The highest BCUT2D eigenvalue weighted by atomic mass is 15.4. The van der Waals surface area contributed by atoms with Gasteiger partial charge >= 0.3 is 0 Å². The maximum absolute atomic E-state index is 4.78. The molecular formula is C22H35N5. The van der Waals surface area contributed by atoms with Gasteiger partial charge < -0.3 is 9.80 Å². The largest absolute Gasteiger partial charge is 0.332 e. The Hall–Kier alpha value is -1.20. The van der Waals surface area contributed by atoms with Crippen LogP contribution >= 0.6 is 0 Å². The number of hydrogen-bond donors (Lipinski definition) is 0. The minimum absolute atomic E-state index is 0.606. The van der Waals surface area contributed by atoms with Crippen molar-refractivity contribution >= 4 is 5.95 Å². The number of aromatic nitrogens is 2. The van der Waals surface area contributed by atoms with Gasteiger partial charge in [0.25, 0.3) is 0 Å². The number of likely N-dealkylation sites (N-methyl/N-ethyl adjacent to an activating group) is 1. The molecule has 1 aromatic heterocycles. The van der Waals surface area contributed by atoms with Crippen LogP contribution in [-0.2, 0) is 6.54 Å². The summed E-state index contributed by atoms with van der Waals surface area (Å²) in [6, 6.07) is 1.21. The van der Waals surface area contributed by atoms with Gasteiger partial charge in [-0.05, 0) is 63.5 Å². The van der Waals surface area contributed by atoms with E-state index in [9.17, 15) is 0 Å². The summed E-state index contributed by atoms with van der Waals surface area (Å²) >= 11 is 0. The van der Waals surface area contributed by atoms with E-state index in [1.807, 2.05) is 0 Å². The SMILES string of the molecule is CCN1CC2CCC(C1)N2c1ncc(CN(C)CC2CC3(CCC3)C2)cn1. The van der Waals surface area contributed by atoms with E-state index in [2.05, 4.69) is 41.1 Å². The summed E-state index contributed by atoms with van der Waals surface area (Å²) in [5, 5.41) is 0. The second-order valence-electron chi connectivity index (χ2n) is 9.86. The van der Waals surface area contributed by atoms with E-state index in [0.29, 0.717) is 12.1 Å². The van der Waals surface area contributed by atoms with Gasteiger partial charge in [-0.15, -0.1) is 0 Å². The third-order valence-electron chi connectivity index (χ3n) is 7.81. The average molecular weight is 370 g/mol. The number of piperazine rings is 1. The molecule has 0 N–H and O–H groups in total.